The maximum atomic E-state index is 6.13. The Morgan fingerprint density at radius 3 is 2.96 bits per heavy atom. The van der Waals surface area contributed by atoms with Gasteiger partial charge in [0.1, 0.15) is 5.75 Å². The van der Waals surface area contributed by atoms with Gasteiger partial charge in [-0.05, 0) is 31.5 Å². The summed E-state index contributed by atoms with van der Waals surface area (Å²) in [6.45, 7) is 3.81. The van der Waals surface area contributed by atoms with Gasteiger partial charge in [-0.25, -0.2) is 4.98 Å². The van der Waals surface area contributed by atoms with E-state index in [1.54, 1.807) is 11.3 Å². The molecule has 1 atom stereocenters. The van der Waals surface area contributed by atoms with Crippen LogP contribution in [-0.2, 0) is 6.54 Å². The Hall–Kier alpha value is -1.01. The van der Waals surface area contributed by atoms with Crippen LogP contribution in [0.3, 0.4) is 0 Å². The molecular formula is C16H21Cl2N3OS. The van der Waals surface area contributed by atoms with Gasteiger partial charge in [-0.3, -0.25) is 4.90 Å². The molecule has 1 aliphatic rings. The highest BCUT2D eigenvalue weighted by atomic mass is 35.5. The molecule has 0 amide bonds. The topological polar surface area (TPSA) is 51.4 Å². The minimum absolute atomic E-state index is 0. The number of piperidine rings is 1. The van der Waals surface area contributed by atoms with Crippen LogP contribution in [0.15, 0.2) is 30.5 Å². The molecule has 0 aliphatic carbocycles. The summed E-state index contributed by atoms with van der Waals surface area (Å²) in [5.74, 6) is 1.31. The van der Waals surface area contributed by atoms with Crippen molar-refractivity contribution in [1.29, 1.82) is 0 Å². The zero-order valence-corrected chi connectivity index (χ0v) is 15.2. The van der Waals surface area contributed by atoms with Crippen LogP contribution in [-0.4, -0.2) is 29.6 Å². The van der Waals surface area contributed by atoms with E-state index in [0.717, 1.165) is 25.4 Å². The van der Waals surface area contributed by atoms with Gasteiger partial charge in [-0.15, -0.1) is 23.7 Å². The van der Waals surface area contributed by atoms with Gasteiger partial charge in [0, 0.05) is 30.1 Å². The summed E-state index contributed by atoms with van der Waals surface area (Å²) in [7, 11) is 0. The summed E-state index contributed by atoms with van der Waals surface area (Å²) in [4.78, 5) is 7.80. The monoisotopic (exact) mass is 373 g/mol. The van der Waals surface area contributed by atoms with Crippen molar-refractivity contribution in [2.45, 2.75) is 19.4 Å². The van der Waals surface area contributed by atoms with E-state index in [4.69, 9.17) is 22.1 Å². The maximum absolute atomic E-state index is 6.13. The maximum Gasteiger partial charge on any atom is 0.180 e. The van der Waals surface area contributed by atoms with E-state index < -0.39 is 0 Å². The molecule has 2 heterocycles. The Morgan fingerprint density at radius 2 is 2.22 bits per heavy atom. The number of nitrogen functional groups attached to an aromatic ring is 1. The number of nitrogens with two attached hydrogens (primary N) is 1. The third-order valence-electron chi connectivity index (χ3n) is 3.87. The molecule has 1 aromatic heterocycles. The van der Waals surface area contributed by atoms with Crippen LogP contribution in [0.25, 0.3) is 0 Å². The Labute approximate surface area is 152 Å². The molecule has 7 heteroatoms. The lowest BCUT2D eigenvalue weighted by Crippen LogP contribution is -2.37. The van der Waals surface area contributed by atoms with Crippen molar-refractivity contribution in [2.75, 3.05) is 25.4 Å². The second kappa shape index (κ2) is 8.73. The number of rotatable bonds is 5. The number of likely N-dealkylation sites (tertiary alicyclic amines) is 1. The molecule has 1 fully saturated rings. The van der Waals surface area contributed by atoms with Gasteiger partial charge in [0.05, 0.1) is 11.6 Å². The van der Waals surface area contributed by atoms with Gasteiger partial charge >= 0.3 is 0 Å². The van der Waals surface area contributed by atoms with E-state index in [0.29, 0.717) is 22.7 Å². The molecule has 0 saturated carbocycles. The van der Waals surface area contributed by atoms with Crippen molar-refractivity contribution in [1.82, 2.24) is 9.88 Å². The summed E-state index contributed by atoms with van der Waals surface area (Å²) < 4.78 is 5.89. The Kier molecular flexibility index (Phi) is 6.96. The first-order valence-electron chi connectivity index (χ1n) is 7.50. The predicted octanol–water partition coefficient (Wildman–Crippen LogP) is 4.09. The molecule has 4 nitrogen and oxygen atoms in total. The van der Waals surface area contributed by atoms with Crippen LogP contribution in [0, 0.1) is 5.92 Å². The summed E-state index contributed by atoms with van der Waals surface area (Å²) in [5, 5.41) is 1.32. The van der Waals surface area contributed by atoms with E-state index in [1.807, 2.05) is 30.5 Å². The van der Waals surface area contributed by atoms with Crippen LogP contribution < -0.4 is 10.5 Å². The van der Waals surface area contributed by atoms with Gasteiger partial charge in [-0.1, -0.05) is 23.7 Å². The van der Waals surface area contributed by atoms with Gasteiger partial charge in [-0.2, -0.15) is 0 Å². The van der Waals surface area contributed by atoms with Crippen LogP contribution >= 0.6 is 35.3 Å². The number of aromatic nitrogens is 1. The highest BCUT2D eigenvalue weighted by molar-refractivity contribution is 7.15. The molecular weight excluding hydrogens is 353 g/mol. The fraction of sp³-hybridized carbons (Fsp3) is 0.438. The molecule has 2 N–H and O–H groups in total. The molecule has 1 unspecified atom stereocenters. The van der Waals surface area contributed by atoms with Crippen LogP contribution in [0.1, 0.15) is 17.7 Å². The average Bonchev–Trinajstić information content (AvgIpc) is 2.92. The molecule has 0 bridgehead atoms. The van der Waals surface area contributed by atoms with Crippen LogP contribution in [0.2, 0.25) is 5.02 Å². The second-order valence-electron chi connectivity index (χ2n) is 5.65. The van der Waals surface area contributed by atoms with Crippen molar-refractivity contribution >= 4 is 40.5 Å². The first-order chi connectivity index (χ1) is 10.7. The van der Waals surface area contributed by atoms with Crippen molar-refractivity contribution in [3.63, 3.8) is 0 Å². The quantitative estimate of drug-likeness (QED) is 0.857. The Bertz CT molecular complexity index is 623. The lowest BCUT2D eigenvalue weighted by molar-refractivity contribution is 0.126. The highest BCUT2D eigenvalue weighted by Crippen LogP contribution is 2.26. The Balaban J connectivity index is 0.00000192. The summed E-state index contributed by atoms with van der Waals surface area (Å²) in [6, 6.07) is 7.64. The van der Waals surface area contributed by atoms with E-state index in [9.17, 15) is 0 Å². The van der Waals surface area contributed by atoms with Crippen molar-refractivity contribution in [3.05, 3.63) is 40.4 Å². The molecule has 0 radical (unpaired) electrons. The first kappa shape index (κ1) is 18.3. The predicted molar refractivity (Wildman–Crippen MR) is 98.7 cm³/mol. The zero-order chi connectivity index (χ0) is 15.4. The number of benzene rings is 1. The molecule has 126 valence electrons. The number of hydrogen-bond donors (Lipinski definition) is 1. The molecule has 1 saturated heterocycles. The fourth-order valence-electron chi connectivity index (χ4n) is 2.82. The second-order valence-corrected chi connectivity index (χ2v) is 7.20. The lowest BCUT2D eigenvalue weighted by Gasteiger charge is -2.32. The van der Waals surface area contributed by atoms with Crippen molar-refractivity contribution in [3.8, 4) is 5.75 Å². The zero-order valence-electron chi connectivity index (χ0n) is 12.8. The van der Waals surface area contributed by atoms with Gasteiger partial charge in [0.25, 0.3) is 0 Å². The number of para-hydroxylation sites is 1. The number of halogens is 2. The SMILES string of the molecule is Cl.Nc1ncc(CN2CCCC(COc3ccccc3Cl)C2)s1. The molecule has 1 aromatic carbocycles. The van der Waals surface area contributed by atoms with Crippen molar-refractivity contribution in [2.24, 2.45) is 5.92 Å². The van der Waals surface area contributed by atoms with Gasteiger partial charge < -0.3 is 10.5 Å². The largest absolute Gasteiger partial charge is 0.492 e. The number of thiazole rings is 1. The minimum Gasteiger partial charge on any atom is -0.492 e. The summed E-state index contributed by atoms with van der Waals surface area (Å²) >= 11 is 7.70. The highest BCUT2D eigenvalue weighted by Gasteiger charge is 2.21. The molecule has 0 spiro atoms. The number of ether oxygens (including phenoxy) is 1. The lowest BCUT2D eigenvalue weighted by atomic mass is 9.99. The standard InChI is InChI=1S/C16H20ClN3OS.ClH/c17-14-5-1-2-6-15(14)21-11-12-4-3-7-20(9-12)10-13-8-19-16(18)22-13;/h1-2,5-6,8,12H,3-4,7,9-11H2,(H2,18,19);1H. The van der Waals surface area contributed by atoms with E-state index in [-0.39, 0.29) is 12.4 Å². The minimum atomic E-state index is 0. The summed E-state index contributed by atoms with van der Waals surface area (Å²) in [5.41, 5.74) is 5.69. The van der Waals surface area contributed by atoms with Crippen molar-refractivity contribution < 1.29 is 4.74 Å². The molecule has 1 aliphatic heterocycles. The van der Waals surface area contributed by atoms with E-state index in [2.05, 4.69) is 9.88 Å². The molecule has 3 rings (SSSR count). The van der Waals surface area contributed by atoms with Gasteiger partial charge in [0.15, 0.2) is 5.13 Å². The number of anilines is 1. The summed E-state index contributed by atoms with van der Waals surface area (Å²) in [6.07, 6.45) is 4.28. The first-order valence-corrected chi connectivity index (χ1v) is 8.70. The molecule has 2 aromatic rings. The third kappa shape index (κ3) is 5.24. The van der Waals surface area contributed by atoms with Gasteiger partial charge in [0.2, 0.25) is 0 Å². The Morgan fingerprint density at radius 1 is 1.39 bits per heavy atom. The van der Waals surface area contributed by atoms with E-state index >= 15 is 0 Å². The van der Waals surface area contributed by atoms with Crippen LogP contribution in [0.4, 0.5) is 5.13 Å². The number of nitrogens with zero attached hydrogens (tertiary/aromatic N) is 2. The average molecular weight is 374 g/mol. The number of hydrogen-bond acceptors (Lipinski definition) is 5. The van der Waals surface area contributed by atoms with Crippen LogP contribution in [0.5, 0.6) is 5.75 Å². The van der Waals surface area contributed by atoms with E-state index in [1.165, 1.54) is 17.7 Å². The molecule has 23 heavy (non-hydrogen) atoms. The fourth-order valence-corrected chi connectivity index (χ4v) is 3.73. The smallest absolute Gasteiger partial charge is 0.180 e. The third-order valence-corrected chi connectivity index (χ3v) is 4.99. The normalized spacial score (nSPS) is 18.4.